The second kappa shape index (κ2) is 5.93. The van der Waals surface area contributed by atoms with Crippen LogP contribution in [0.2, 0.25) is 0 Å². The zero-order valence-corrected chi connectivity index (χ0v) is 12.6. The average Bonchev–Trinajstić information content (AvgIpc) is 2.48. The van der Waals surface area contributed by atoms with Gasteiger partial charge in [-0.1, -0.05) is 31.2 Å². The highest BCUT2D eigenvalue weighted by Gasteiger charge is 2.27. The number of nitrogens with one attached hydrogen (secondary N) is 1. The molecule has 0 saturated heterocycles. The van der Waals surface area contributed by atoms with E-state index in [1.165, 1.54) is 0 Å². The first-order valence-electron chi connectivity index (χ1n) is 6.28. The van der Waals surface area contributed by atoms with Crippen LogP contribution in [0.5, 0.6) is 0 Å². The van der Waals surface area contributed by atoms with Crippen LogP contribution in [0.25, 0.3) is 10.8 Å². The number of hydrogen-bond donors (Lipinski definition) is 1. The normalized spacial score (nSPS) is 11.8. The average molecular weight is 298 g/mol. The van der Waals surface area contributed by atoms with Crippen molar-refractivity contribution < 1.29 is 0 Å². The fourth-order valence-electron chi connectivity index (χ4n) is 1.96. The van der Waals surface area contributed by atoms with Gasteiger partial charge in [0.2, 0.25) is 0 Å². The summed E-state index contributed by atoms with van der Waals surface area (Å²) in [7, 11) is 0. The quantitative estimate of drug-likeness (QED) is 0.849. The number of nitrogens with zero attached hydrogens (tertiary/aromatic N) is 2. The molecule has 0 unspecified atom stereocenters. The summed E-state index contributed by atoms with van der Waals surface area (Å²) in [6.07, 6.45) is 0.823. The van der Waals surface area contributed by atoms with Crippen LogP contribution in [-0.4, -0.2) is 27.5 Å². The summed E-state index contributed by atoms with van der Waals surface area (Å²) in [5.41, 5.74) is 0.565. The molecule has 2 aromatic rings. The molecule has 1 aromatic heterocycles. The largest absolute Gasteiger partial charge is 0.360 e. The zero-order valence-electron chi connectivity index (χ0n) is 11.1. The third kappa shape index (κ3) is 2.77. The van der Waals surface area contributed by atoms with E-state index in [0.29, 0.717) is 11.8 Å². The number of alkyl halides is 2. The summed E-state index contributed by atoms with van der Waals surface area (Å²) in [6.45, 7) is 4.01. The van der Waals surface area contributed by atoms with Gasteiger partial charge in [0.05, 0.1) is 11.2 Å². The zero-order chi connectivity index (χ0) is 13.9. The van der Waals surface area contributed by atoms with E-state index in [0.717, 1.165) is 28.7 Å². The van der Waals surface area contributed by atoms with Gasteiger partial charge in [-0.3, -0.25) is 0 Å². The van der Waals surface area contributed by atoms with Crippen molar-refractivity contribution in [1.82, 2.24) is 10.2 Å². The molecule has 0 radical (unpaired) electrons. The Balaban J connectivity index is 2.49. The molecule has 0 fully saturated rings. The van der Waals surface area contributed by atoms with Crippen molar-refractivity contribution in [3.63, 3.8) is 0 Å². The molecule has 102 valence electrons. The molecule has 1 aromatic carbocycles. The maximum atomic E-state index is 6.06. The van der Waals surface area contributed by atoms with E-state index in [4.69, 9.17) is 23.2 Å². The van der Waals surface area contributed by atoms with Crippen molar-refractivity contribution in [2.45, 2.75) is 25.8 Å². The Bertz CT molecular complexity index is 559. The van der Waals surface area contributed by atoms with Crippen molar-refractivity contribution in [1.29, 1.82) is 0 Å². The Morgan fingerprint density at radius 2 is 1.74 bits per heavy atom. The molecule has 2 rings (SSSR count). The van der Waals surface area contributed by atoms with Crippen molar-refractivity contribution >= 4 is 39.8 Å². The van der Waals surface area contributed by atoms with Crippen molar-refractivity contribution in [3.8, 4) is 0 Å². The summed E-state index contributed by atoms with van der Waals surface area (Å²) in [4.78, 5) is 0. The first-order chi connectivity index (χ1) is 9.15. The van der Waals surface area contributed by atoms with Crippen LogP contribution < -0.4 is 5.32 Å². The van der Waals surface area contributed by atoms with Crippen LogP contribution in [0.15, 0.2) is 24.3 Å². The number of aryl methyl sites for hydroxylation is 1. The van der Waals surface area contributed by atoms with Crippen LogP contribution >= 0.6 is 23.2 Å². The molecule has 0 saturated carbocycles. The van der Waals surface area contributed by atoms with Crippen molar-refractivity contribution in [2.75, 3.05) is 17.1 Å². The molecule has 0 aliphatic carbocycles. The lowest BCUT2D eigenvalue weighted by Crippen LogP contribution is -2.42. The Morgan fingerprint density at radius 3 is 2.32 bits per heavy atom. The van der Waals surface area contributed by atoms with Gasteiger partial charge in [-0.15, -0.1) is 28.3 Å². The Hall–Kier alpha value is -1.06. The van der Waals surface area contributed by atoms with Gasteiger partial charge in [0, 0.05) is 22.5 Å². The molecule has 1 N–H and O–H groups in total. The Morgan fingerprint density at radius 1 is 1.11 bits per heavy atom. The molecule has 0 aliphatic heterocycles. The van der Waals surface area contributed by atoms with Crippen molar-refractivity contribution in [3.05, 3.63) is 30.0 Å². The molecule has 0 aliphatic rings. The summed E-state index contributed by atoms with van der Waals surface area (Å²) >= 11 is 12.1. The Labute approximate surface area is 123 Å². The maximum absolute atomic E-state index is 6.06. The van der Waals surface area contributed by atoms with E-state index in [9.17, 15) is 0 Å². The van der Waals surface area contributed by atoms with E-state index in [1.54, 1.807) is 0 Å². The molecule has 0 atom stereocenters. The van der Waals surface area contributed by atoms with Gasteiger partial charge in [-0.05, 0) is 13.3 Å². The minimum absolute atomic E-state index is 0.351. The fourth-order valence-corrected chi connectivity index (χ4v) is 2.76. The standard InChI is InChI=1S/C14H17Cl2N3/c1-3-14(8-15,9-16)17-13-12-7-5-4-6-11(12)10(2)18-19-13/h4-7H,3,8-9H2,1-2H3,(H,17,19). The molecule has 1 heterocycles. The van der Waals surface area contributed by atoms with Gasteiger partial charge in [0.1, 0.15) is 0 Å². The van der Waals surface area contributed by atoms with Gasteiger partial charge in [0.15, 0.2) is 5.82 Å². The molecular formula is C14H17Cl2N3. The van der Waals surface area contributed by atoms with E-state index in [2.05, 4.69) is 22.4 Å². The number of benzene rings is 1. The highest BCUT2D eigenvalue weighted by atomic mass is 35.5. The number of halogens is 2. The molecule has 19 heavy (non-hydrogen) atoms. The van der Waals surface area contributed by atoms with Crippen LogP contribution in [0.3, 0.4) is 0 Å². The topological polar surface area (TPSA) is 37.8 Å². The second-order valence-electron chi connectivity index (χ2n) is 4.71. The summed E-state index contributed by atoms with van der Waals surface area (Å²) in [5.74, 6) is 1.60. The van der Waals surface area contributed by atoms with E-state index in [1.807, 2.05) is 31.2 Å². The summed E-state index contributed by atoms with van der Waals surface area (Å²) < 4.78 is 0. The van der Waals surface area contributed by atoms with Crippen LogP contribution in [0, 0.1) is 6.92 Å². The minimum Gasteiger partial charge on any atom is -0.360 e. The lowest BCUT2D eigenvalue weighted by Gasteiger charge is -2.30. The molecule has 3 nitrogen and oxygen atoms in total. The molecule has 0 spiro atoms. The minimum atomic E-state index is -0.351. The monoisotopic (exact) mass is 297 g/mol. The van der Waals surface area contributed by atoms with Gasteiger partial charge < -0.3 is 5.32 Å². The number of anilines is 1. The maximum Gasteiger partial charge on any atom is 0.157 e. The van der Waals surface area contributed by atoms with E-state index < -0.39 is 0 Å². The summed E-state index contributed by atoms with van der Waals surface area (Å²) in [5, 5.41) is 14.0. The van der Waals surface area contributed by atoms with Gasteiger partial charge in [0.25, 0.3) is 0 Å². The molecular weight excluding hydrogens is 281 g/mol. The number of hydrogen-bond acceptors (Lipinski definition) is 3. The van der Waals surface area contributed by atoms with Gasteiger partial charge in [-0.2, -0.15) is 5.10 Å². The highest BCUT2D eigenvalue weighted by molar-refractivity contribution is 6.22. The number of rotatable bonds is 5. The lowest BCUT2D eigenvalue weighted by molar-refractivity contribution is 0.557. The third-order valence-electron chi connectivity index (χ3n) is 3.44. The van der Waals surface area contributed by atoms with Gasteiger partial charge in [-0.25, -0.2) is 0 Å². The molecule has 0 amide bonds. The molecule has 5 heteroatoms. The SMILES string of the molecule is CCC(CCl)(CCl)Nc1nnc(C)c2ccccc12. The fraction of sp³-hybridized carbons (Fsp3) is 0.429. The lowest BCUT2D eigenvalue weighted by atomic mass is 10.0. The number of fused-ring (bicyclic) bond motifs is 1. The van der Waals surface area contributed by atoms with Crippen LogP contribution in [0.4, 0.5) is 5.82 Å². The second-order valence-corrected chi connectivity index (χ2v) is 5.24. The highest BCUT2D eigenvalue weighted by Crippen LogP contribution is 2.27. The molecule has 0 bridgehead atoms. The van der Waals surface area contributed by atoms with Gasteiger partial charge >= 0.3 is 0 Å². The first kappa shape index (κ1) is 14.4. The van der Waals surface area contributed by atoms with Crippen LogP contribution in [0.1, 0.15) is 19.0 Å². The summed E-state index contributed by atoms with van der Waals surface area (Å²) in [6, 6.07) is 8.06. The smallest absolute Gasteiger partial charge is 0.157 e. The van der Waals surface area contributed by atoms with Crippen LogP contribution in [-0.2, 0) is 0 Å². The first-order valence-corrected chi connectivity index (χ1v) is 7.35. The number of aromatic nitrogens is 2. The third-order valence-corrected chi connectivity index (χ3v) is 4.47. The predicted molar refractivity (Wildman–Crippen MR) is 82.4 cm³/mol. The van der Waals surface area contributed by atoms with E-state index in [-0.39, 0.29) is 5.54 Å². The predicted octanol–water partition coefficient (Wildman–Crippen LogP) is 3.98. The van der Waals surface area contributed by atoms with Crippen molar-refractivity contribution in [2.24, 2.45) is 0 Å². The van der Waals surface area contributed by atoms with E-state index >= 15 is 0 Å². The Kier molecular flexibility index (Phi) is 4.48.